The Bertz CT molecular complexity index is 368. The standard InChI is InChI=1S/C9H12ClN3O/c1-13-7(4-12-9(13)10)8(14)5-2-6(11)3-5/h4-6H,2-3,11H2,1H3. The fourth-order valence-electron chi connectivity index (χ4n) is 1.70. The van der Waals surface area contributed by atoms with Gasteiger partial charge in [-0.25, -0.2) is 4.98 Å². The Labute approximate surface area is 87.1 Å². The van der Waals surface area contributed by atoms with Gasteiger partial charge >= 0.3 is 0 Å². The highest BCUT2D eigenvalue weighted by molar-refractivity contribution is 6.28. The molecular weight excluding hydrogens is 202 g/mol. The van der Waals surface area contributed by atoms with Crippen molar-refractivity contribution in [2.75, 3.05) is 0 Å². The topological polar surface area (TPSA) is 60.9 Å². The molecule has 0 aliphatic heterocycles. The number of ketones is 1. The van der Waals surface area contributed by atoms with Crippen molar-refractivity contribution in [1.29, 1.82) is 0 Å². The molecule has 1 aromatic heterocycles. The molecule has 2 N–H and O–H groups in total. The van der Waals surface area contributed by atoms with Crippen LogP contribution in [0.1, 0.15) is 23.3 Å². The van der Waals surface area contributed by atoms with Crippen LogP contribution in [0, 0.1) is 5.92 Å². The average Bonchev–Trinajstić information content (AvgIpc) is 2.42. The van der Waals surface area contributed by atoms with E-state index < -0.39 is 0 Å². The predicted octanol–water partition coefficient (Wildman–Crippen LogP) is 0.993. The van der Waals surface area contributed by atoms with E-state index in [0.717, 1.165) is 12.8 Å². The van der Waals surface area contributed by atoms with E-state index in [0.29, 0.717) is 11.0 Å². The van der Waals surface area contributed by atoms with Crippen molar-refractivity contribution in [3.63, 3.8) is 0 Å². The van der Waals surface area contributed by atoms with E-state index in [9.17, 15) is 4.79 Å². The number of Topliss-reactive ketones (excluding diaryl/α,β-unsaturated/α-hetero) is 1. The van der Waals surface area contributed by atoms with Crippen LogP contribution in [0.3, 0.4) is 0 Å². The lowest BCUT2D eigenvalue weighted by atomic mass is 9.77. The molecule has 1 fully saturated rings. The van der Waals surface area contributed by atoms with Gasteiger partial charge in [0.1, 0.15) is 5.69 Å². The molecule has 0 saturated heterocycles. The molecule has 0 unspecified atom stereocenters. The van der Waals surface area contributed by atoms with E-state index in [2.05, 4.69) is 4.98 Å². The van der Waals surface area contributed by atoms with E-state index >= 15 is 0 Å². The zero-order chi connectivity index (χ0) is 10.3. The summed E-state index contributed by atoms with van der Waals surface area (Å²) in [6, 6.07) is 0.188. The summed E-state index contributed by atoms with van der Waals surface area (Å²) >= 11 is 5.74. The van der Waals surface area contributed by atoms with E-state index in [-0.39, 0.29) is 17.7 Å². The van der Waals surface area contributed by atoms with Gasteiger partial charge in [-0.05, 0) is 24.4 Å². The fourth-order valence-corrected chi connectivity index (χ4v) is 1.84. The van der Waals surface area contributed by atoms with Crippen LogP contribution in [0.5, 0.6) is 0 Å². The molecule has 0 bridgehead atoms. The molecule has 1 heterocycles. The van der Waals surface area contributed by atoms with E-state index in [1.54, 1.807) is 11.6 Å². The summed E-state index contributed by atoms with van der Waals surface area (Å²) in [6.07, 6.45) is 3.08. The third-order valence-electron chi connectivity index (χ3n) is 2.73. The third-order valence-corrected chi connectivity index (χ3v) is 3.08. The van der Waals surface area contributed by atoms with Crippen molar-refractivity contribution in [2.24, 2.45) is 18.7 Å². The van der Waals surface area contributed by atoms with Crippen LogP contribution in [0.4, 0.5) is 0 Å². The molecule has 1 aromatic rings. The minimum Gasteiger partial charge on any atom is -0.328 e. The summed E-state index contributed by atoms with van der Waals surface area (Å²) in [7, 11) is 1.74. The number of carbonyl (C=O) groups excluding carboxylic acids is 1. The molecule has 0 amide bonds. The summed E-state index contributed by atoms with van der Waals surface area (Å²) in [5, 5.41) is 0.344. The summed E-state index contributed by atoms with van der Waals surface area (Å²) in [5.74, 6) is 0.171. The van der Waals surface area contributed by atoms with Gasteiger partial charge in [-0.3, -0.25) is 4.79 Å². The predicted molar refractivity (Wildman–Crippen MR) is 53.2 cm³/mol. The van der Waals surface area contributed by atoms with Crippen LogP contribution in [-0.4, -0.2) is 21.4 Å². The maximum Gasteiger partial charge on any atom is 0.202 e. The molecule has 0 atom stereocenters. The van der Waals surface area contributed by atoms with E-state index in [1.165, 1.54) is 6.20 Å². The Morgan fingerprint density at radius 1 is 1.71 bits per heavy atom. The lowest BCUT2D eigenvalue weighted by Crippen LogP contribution is -2.40. The Hall–Kier alpha value is -0.870. The number of nitrogens with two attached hydrogens (primary N) is 1. The van der Waals surface area contributed by atoms with Gasteiger partial charge in [0.2, 0.25) is 5.28 Å². The van der Waals surface area contributed by atoms with Crippen LogP contribution in [0.15, 0.2) is 6.20 Å². The van der Waals surface area contributed by atoms with Gasteiger partial charge in [-0.1, -0.05) is 0 Å². The minimum atomic E-state index is 0.0662. The molecule has 0 radical (unpaired) electrons. The first-order chi connectivity index (χ1) is 6.59. The molecule has 4 nitrogen and oxygen atoms in total. The molecule has 14 heavy (non-hydrogen) atoms. The monoisotopic (exact) mass is 213 g/mol. The van der Waals surface area contributed by atoms with Gasteiger partial charge in [-0.15, -0.1) is 0 Å². The molecule has 1 aliphatic rings. The first-order valence-corrected chi connectivity index (χ1v) is 4.94. The second kappa shape index (κ2) is 3.37. The fraction of sp³-hybridized carbons (Fsp3) is 0.556. The number of aromatic nitrogens is 2. The lowest BCUT2D eigenvalue weighted by molar-refractivity contribution is 0.0824. The van der Waals surface area contributed by atoms with Gasteiger partial charge in [0, 0.05) is 19.0 Å². The highest BCUT2D eigenvalue weighted by Gasteiger charge is 2.33. The highest BCUT2D eigenvalue weighted by atomic mass is 35.5. The van der Waals surface area contributed by atoms with Crippen LogP contribution in [0.25, 0.3) is 0 Å². The summed E-state index contributed by atoms with van der Waals surface area (Å²) < 4.78 is 1.60. The lowest BCUT2D eigenvalue weighted by Gasteiger charge is -2.30. The number of halogens is 1. The van der Waals surface area contributed by atoms with E-state index in [4.69, 9.17) is 17.3 Å². The first-order valence-electron chi connectivity index (χ1n) is 4.56. The smallest absolute Gasteiger partial charge is 0.202 e. The second-order valence-electron chi connectivity index (χ2n) is 3.76. The van der Waals surface area contributed by atoms with Crippen molar-refractivity contribution in [2.45, 2.75) is 18.9 Å². The van der Waals surface area contributed by atoms with Crippen LogP contribution in [-0.2, 0) is 7.05 Å². The SMILES string of the molecule is Cn1c(C(=O)C2CC(N)C2)cnc1Cl. The first kappa shape index (κ1) is 9.68. The number of nitrogens with zero attached hydrogens (tertiary/aromatic N) is 2. The van der Waals surface area contributed by atoms with Crippen molar-refractivity contribution < 1.29 is 4.79 Å². The summed E-state index contributed by atoms with van der Waals surface area (Å²) in [4.78, 5) is 15.7. The Balaban J connectivity index is 2.16. The quantitative estimate of drug-likeness (QED) is 0.746. The van der Waals surface area contributed by atoms with Crippen molar-refractivity contribution in [1.82, 2.24) is 9.55 Å². The van der Waals surface area contributed by atoms with Gasteiger partial charge in [0.05, 0.1) is 6.20 Å². The van der Waals surface area contributed by atoms with Crippen molar-refractivity contribution in [3.05, 3.63) is 17.2 Å². The molecule has 0 aromatic carbocycles. The normalized spacial score (nSPS) is 25.9. The van der Waals surface area contributed by atoms with Crippen molar-refractivity contribution in [3.8, 4) is 0 Å². The summed E-state index contributed by atoms with van der Waals surface area (Å²) in [5.41, 5.74) is 6.20. The third kappa shape index (κ3) is 1.44. The largest absolute Gasteiger partial charge is 0.328 e. The molecular formula is C9H12ClN3O. The van der Waals surface area contributed by atoms with Gasteiger partial charge in [-0.2, -0.15) is 0 Å². The van der Waals surface area contributed by atoms with Crippen LogP contribution < -0.4 is 5.73 Å². The molecule has 1 aliphatic carbocycles. The van der Waals surface area contributed by atoms with Gasteiger partial charge in [0.15, 0.2) is 5.78 Å². The second-order valence-corrected chi connectivity index (χ2v) is 4.10. The number of imidazole rings is 1. The minimum absolute atomic E-state index is 0.0662. The number of rotatable bonds is 2. The van der Waals surface area contributed by atoms with E-state index in [1.807, 2.05) is 0 Å². The number of hydrogen-bond acceptors (Lipinski definition) is 3. The van der Waals surface area contributed by atoms with Gasteiger partial charge < -0.3 is 10.3 Å². The summed E-state index contributed by atoms with van der Waals surface area (Å²) in [6.45, 7) is 0. The Morgan fingerprint density at radius 2 is 2.36 bits per heavy atom. The van der Waals surface area contributed by atoms with Crippen LogP contribution in [0.2, 0.25) is 5.28 Å². The zero-order valence-electron chi connectivity index (χ0n) is 7.90. The molecule has 5 heteroatoms. The average molecular weight is 214 g/mol. The van der Waals surface area contributed by atoms with Crippen molar-refractivity contribution >= 4 is 17.4 Å². The Kier molecular flexibility index (Phi) is 2.33. The molecule has 1 saturated carbocycles. The molecule has 2 rings (SSSR count). The van der Waals surface area contributed by atoms with Gasteiger partial charge in [0.25, 0.3) is 0 Å². The number of carbonyl (C=O) groups is 1. The maximum atomic E-state index is 11.8. The highest BCUT2D eigenvalue weighted by Crippen LogP contribution is 2.29. The maximum absolute atomic E-state index is 11.8. The van der Waals surface area contributed by atoms with Crippen LogP contribution >= 0.6 is 11.6 Å². The number of hydrogen-bond donors (Lipinski definition) is 1. The zero-order valence-corrected chi connectivity index (χ0v) is 8.66. The molecule has 76 valence electrons. The Morgan fingerprint density at radius 3 is 2.79 bits per heavy atom. The molecule has 0 spiro atoms.